The van der Waals surface area contributed by atoms with E-state index in [1.165, 1.54) is 0 Å². The molecule has 0 aliphatic carbocycles. The Labute approximate surface area is 158 Å². The van der Waals surface area contributed by atoms with Crippen LogP contribution in [-0.2, 0) is 22.6 Å². The molecule has 2 aromatic rings. The number of nitrogens with zero attached hydrogens (tertiary/aromatic N) is 1. The van der Waals surface area contributed by atoms with Crippen LogP contribution in [0.1, 0.15) is 31.2 Å². The molecule has 0 fully saturated rings. The minimum atomic E-state index is -0.505. The van der Waals surface area contributed by atoms with Gasteiger partial charge in [0.15, 0.2) is 6.10 Å². The van der Waals surface area contributed by atoms with Crippen LogP contribution in [0.4, 0.5) is 5.69 Å². The van der Waals surface area contributed by atoms with Crippen LogP contribution >= 0.6 is 11.3 Å². The normalized spacial score (nSPS) is 16.8. The van der Waals surface area contributed by atoms with Crippen LogP contribution in [0.5, 0.6) is 5.75 Å². The van der Waals surface area contributed by atoms with E-state index >= 15 is 0 Å². The van der Waals surface area contributed by atoms with Gasteiger partial charge in [-0.25, -0.2) is 0 Å². The molecular weight excluding hydrogens is 348 g/mol. The Balaban J connectivity index is 1.76. The second-order valence-electron chi connectivity index (χ2n) is 7.00. The smallest absolute Gasteiger partial charge is 0.263 e. The Hall–Kier alpha value is -2.34. The van der Waals surface area contributed by atoms with E-state index in [2.05, 4.69) is 19.2 Å². The molecule has 3 rings (SSSR count). The Morgan fingerprint density at radius 1 is 1.38 bits per heavy atom. The van der Waals surface area contributed by atoms with Crippen LogP contribution in [0.2, 0.25) is 0 Å². The number of carbonyl (C=O) groups is 2. The first kappa shape index (κ1) is 18.5. The lowest BCUT2D eigenvalue weighted by Gasteiger charge is -2.24. The van der Waals surface area contributed by atoms with E-state index < -0.39 is 6.10 Å². The zero-order chi connectivity index (χ0) is 18.7. The fraction of sp³-hybridized carbons (Fsp3) is 0.400. The summed E-state index contributed by atoms with van der Waals surface area (Å²) >= 11 is 1.57. The summed E-state index contributed by atoms with van der Waals surface area (Å²) in [6, 6.07) is 9.44. The third-order valence-corrected chi connectivity index (χ3v) is 5.05. The van der Waals surface area contributed by atoms with Crippen molar-refractivity contribution in [2.75, 3.05) is 11.9 Å². The number of nitrogens with one attached hydrogen (secondary N) is 1. The standard InChI is InChI=1S/C20H24N2O3S/c1-13(2)11-22-12-15-9-16(6-7-18(15)25-14(3)20(22)24)21-19(23)10-17-5-4-8-26-17/h4-9,13-14H,10-12H2,1-3H3,(H,21,23). The van der Waals surface area contributed by atoms with Crippen LogP contribution < -0.4 is 10.1 Å². The largest absolute Gasteiger partial charge is 0.481 e. The van der Waals surface area contributed by atoms with Crippen molar-refractivity contribution in [1.29, 1.82) is 0 Å². The Morgan fingerprint density at radius 3 is 2.88 bits per heavy atom. The van der Waals surface area contributed by atoms with Crippen molar-refractivity contribution in [2.45, 2.75) is 39.8 Å². The molecule has 6 heteroatoms. The zero-order valence-corrected chi connectivity index (χ0v) is 16.1. The van der Waals surface area contributed by atoms with Crippen molar-refractivity contribution in [3.63, 3.8) is 0 Å². The molecule has 2 amide bonds. The number of fused-ring (bicyclic) bond motifs is 1. The molecule has 0 radical (unpaired) electrons. The molecule has 5 nitrogen and oxygen atoms in total. The molecule has 26 heavy (non-hydrogen) atoms. The van der Waals surface area contributed by atoms with Gasteiger partial charge >= 0.3 is 0 Å². The third-order valence-electron chi connectivity index (χ3n) is 4.17. The van der Waals surface area contributed by atoms with Crippen molar-refractivity contribution in [1.82, 2.24) is 4.90 Å². The molecule has 0 saturated heterocycles. The highest BCUT2D eigenvalue weighted by atomic mass is 32.1. The van der Waals surface area contributed by atoms with Crippen LogP contribution in [0, 0.1) is 5.92 Å². The van der Waals surface area contributed by atoms with Crippen LogP contribution in [0.15, 0.2) is 35.7 Å². The molecule has 1 aliphatic rings. The minimum absolute atomic E-state index is 0.00168. The molecule has 1 aromatic carbocycles. The Kier molecular flexibility index (Phi) is 5.61. The van der Waals surface area contributed by atoms with Crippen molar-refractivity contribution in [3.05, 3.63) is 46.2 Å². The van der Waals surface area contributed by atoms with Crippen molar-refractivity contribution in [2.24, 2.45) is 5.92 Å². The van der Waals surface area contributed by atoms with E-state index in [0.717, 1.165) is 16.1 Å². The number of amides is 2. The van der Waals surface area contributed by atoms with Gasteiger partial charge in [0.25, 0.3) is 5.91 Å². The van der Waals surface area contributed by atoms with Gasteiger partial charge in [-0.15, -0.1) is 11.3 Å². The minimum Gasteiger partial charge on any atom is -0.481 e. The average Bonchev–Trinajstić information content (AvgIpc) is 3.04. The molecule has 2 heterocycles. The van der Waals surface area contributed by atoms with Crippen LogP contribution in [-0.4, -0.2) is 29.4 Å². The molecule has 0 bridgehead atoms. The number of benzene rings is 1. The number of anilines is 1. The van der Waals surface area contributed by atoms with Gasteiger partial charge < -0.3 is 15.0 Å². The van der Waals surface area contributed by atoms with Gasteiger partial charge in [0, 0.05) is 29.2 Å². The maximum absolute atomic E-state index is 12.5. The summed E-state index contributed by atoms with van der Waals surface area (Å²) in [4.78, 5) is 27.6. The molecule has 1 atom stereocenters. The quantitative estimate of drug-likeness (QED) is 0.871. The Morgan fingerprint density at radius 2 is 2.19 bits per heavy atom. The summed E-state index contributed by atoms with van der Waals surface area (Å²) in [7, 11) is 0. The highest BCUT2D eigenvalue weighted by Gasteiger charge is 2.28. The van der Waals surface area contributed by atoms with Gasteiger partial charge in [0.2, 0.25) is 5.91 Å². The van der Waals surface area contributed by atoms with E-state index in [9.17, 15) is 9.59 Å². The van der Waals surface area contributed by atoms with Crippen molar-refractivity contribution >= 4 is 28.8 Å². The van der Waals surface area contributed by atoms with Gasteiger partial charge in [0.1, 0.15) is 5.75 Å². The highest BCUT2D eigenvalue weighted by Crippen LogP contribution is 2.29. The van der Waals surface area contributed by atoms with Crippen molar-refractivity contribution < 1.29 is 14.3 Å². The zero-order valence-electron chi connectivity index (χ0n) is 15.3. The first-order chi connectivity index (χ1) is 12.4. The summed E-state index contributed by atoms with van der Waals surface area (Å²) in [5.74, 6) is 1.03. The lowest BCUT2D eigenvalue weighted by Crippen LogP contribution is -2.39. The van der Waals surface area contributed by atoms with Gasteiger partial charge in [0.05, 0.1) is 6.42 Å². The molecule has 1 unspecified atom stereocenters. The number of rotatable bonds is 5. The summed E-state index contributed by atoms with van der Waals surface area (Å²) in [5.41, 5.74) is 1.64. The summed E-state index contributed by atoms with van der Waals surface area (Å²) < 4.78 is 5.82. The van der Waals surface area contributed by atoms with Gasteiger partial charge in [-0.2, -0.15) is 0 Å². The van der Waals surface area contributed by atoms with Crippen molar-refractivity contribution in [3.8, 4) is 5.75 Å². The predicted molar refractivity (Wildman–Crippen MR) is 103 cm³/mol. The summed E-state index contributed by atoms with van der Waals surface area (Å²) in [6.45, 7) is 7.13. The molecular formula is C20H24N2O3S. The average molecular weight is 372 g/mol. The van der Waals surface area contributed by atoms with E-state index in [4.69, 9.17) is 4.74 Å². The van der Waals surface area contributed by atoms with Gasteiger partial charge in [-0.05, 0) is 42.5 Å². The number of hydrogen-bond donors (Lipinski definition) is 1. The maximum Gasteiger partial charge on any atom is 0.263 e. The topological polar surface area (TPSA) is 58.6 Å². The molecule has 1 aromatic heterocycles. The van der Waals surface area contributed by atoms with Crippen LogP contribution in [0.25, 0.3) is 0 Å². The third kappa shape index (κ3) is 4.43. The summed E-state index contributed by atoms with van der Waals surface area (Å²) in [6.07, 6.45) is -0.144. The van der Waals surface area contributed by atoms with E-state index in [0.29, 0.717) is 31.2 Å². The van der Waals surface area contributed by atoms with E-state index in [-0.39, 0.29) is 11.8 Å². The fourth-order valence-corrected chi connectivity index (χ4v) is 3.75. The molecule has 138 valence electrons. The summed E-state index contributed by atoms with van der Waals surface area (Å²) in [5, 5.41) is 4.90. The number of thiophene rings is 1. The van der Waals surface area contributed by atoms with E-state index in [1.54, 1.807) is 18.3 Å². The monoisotopic (exact) mass is 372 g/mol. The first-order valence-corrected chi connectivity index (χ1v) is 9.71. The molecule has 1 aliphatic heterocycles. The lowest BCUT2D eigenvalue weighted by molar-refractivity contribution is -0.138. The number of carbonyl (C=O) groups excluding carboxylic acids is 2. The fourth-order valence-electron chi connectivity index (χ4n) is 3.05. The lowest BCUT2D eigenvalue weighted by atomic mass is 10.1. The second-order valence-corrected chi connectivity index (χ2v) is 8.03. The Bertz CT molecular complexity index is 786. The molecule has 1 N–H and O–H groups in total. The molecule has 0 saturated carbocycles. The van der Waals surface area contributed by atoms with Gasteiger partial charge in [-0.1, -0.05) is 19.9 Å². The van der Waals surface area contributed by atoms with Gasteiger partial charge in [-0.3, -0.25) is 9.59 Å². The number of hydrogen-bond acceptors (Lipinski definition) is 4. The van der Waals surface area contributed by atoms with Crippen LogP contribution in [0.3, 0.4) is 0 Å². The predicted octanol–water partition coefficient (Wildman–Crippen LogP) is 3.69. The van der Waals surface area contributed by atoms with E-state index in [1.807, 2.05) is 40.6 Å². The first-order valence-electron chi connectivity index (χ1n) is 8.83. The molecule has 0 spiro atoms. The highest BCUT2D eigenvalue weighted by molar-refractivity contribution is 7.10. The maximum atomic E-state index is 12.5. The second kappa shape index (κ2) is 7.91. The number of ether oxygens (including phenoxy) is 1. The SMILES string of the molecule is CC(C)CN1Cc2cc(NC(=O)Cc3cccs3)ccc2OC(C)C1=O.